The van der Waals surface area contributed by atoms with Gasteiger partial charge in [-0.05, 0) is 23.8 Å². The van der Waals surface area contributed by atoms with Crippen LogP contribution in [0.25, 0.3) is 0 Å². The monoisotopic (exact) mass is 316 g/mol. The second-order valence-corrected chi connectivity index (χ2v) is 5.32. The lowest BCUT2D eigenvalue weighted by molar-refractivity contribution is 0.156. The highest BCUT2D eigenvalue weighted by molar-refractivity contribution is 5.54. The molecule has 0 radical (unpaired) electrons. The van der Waals surface area contributed by atoms with E-state index in [2.05, 4.69) is 0 Å². The minimum Gasteiger partial charge on any atom is -0.493 e. The van der Waals surface area contributed by atoms with Gasteiger partial charge in [0.1, 0.15) is 6.10 Å². The topological polar surface area (TPSA) is 57.2 Å². The van der Waals surface area contributed by atoms with Crippen molar-refractivity contribution < 1.29 is 24.1 Å². The van der Waals surface area contributed by atoms with Crippen molar-refractivity contribution >= 4 is 0 Å². The second-order valence-electron chi connectivity index (χ2n) is 5.32. The van der Waals surface area contributed by atoms with E-state index in [-0.39, 0.29) is 18.6 Å². The molecule has 1 heterocycles. The molecule has 0 aliphatic carbocycles. The standard InChI is InChI=1S/C18H20O5/c1-20-14-8-7-11(9-16(14)22-3)17-13(10-19)12-5-4-6-15(21-2)18(12)23-17/h4-9,13,17,19H,10H2,1-3H3/t13-,17-/m1/s1. The van der Waals surface area contributed by atoms with E-state index < -0.39 is 0 Å². The summed E-state index contributed by atoms with van der Waals surface area (Å²) in [5, 5.41) is 9.86. The molecule has 23 heavy (non-hydrogen) atoms. The fourth-order valence-electron chi connectivity index (χ4n) is 3.01. The molecule has 3 rings (SSSR count). The Hall–Kier alpha value is -2.40. The number of aliphatic hydroxyl groups is 1. The number of hydrogen-bond donors (Lipinski definition) is 1. The highest BCUT2D eigenvalue weighted by atomic mass is 16.5. The number of hydrogen-bond acceptors (Lipinski definition) is 5. The van der Waals surface area contributed by atoms with Gasteiger partial charge in [-0.1, -0.05) is 18.2 Å². The van der Waals surface area contributed by atoms with Crippen molar-refractivity contribution in [2.24, 2.45) is 0 Å². The van der Waals surface area contributed by atoms with Gasteiger partial charge in [0.05, 0.1) is 33.9 Å². The third kappa shape index (κ3) is 2.57. The average Bonchev–Trinajstić information content (AvgIpc) is 2.99. The van der Waals surface area contributed by atoms with Crippen LogP contribution < -0.4 is 18.9 Å². The molecular formula is C18H20O5. The summed E-state index contributed by atoms with van der Waals surface area (Å²) in [5.74, 6) is 2.49. The van der Waals surface area contributed by atoms with Gasteiger partial charge >= 0.3 is 0 Å². The number of ether oxygens (including phenoxy) is 4. The zero-order chi connectivity index (χ0) is 16.4. The molecule has 0 saturated carbocycles. The Balaban J connectivity index is 2.01. The molecule has 2 atom stereocenters. The molecule has 0 fully saturated rings. The van der Waals surface area contributed by atoms with E-state index >= 15 is 0 Å². The Bertz CT molecular complexity index is 698. The van der Waals surface area contributed by atoms with E-state index in [4.69, 9.17) is 18.9 Å². The highest BCUT2D eigenvalue weighted by Crippen LogP contribution is 2.50. The van der Waals surface area contributed by atoms with Gasteiger partial charge in [0.15, 0.2) is 23.0 Å². The zero-order valence-electron chi connectivity index (χ0n) is 13.4. The van der Waals surface area contributed by atoms with Crippen molar-refractivity contribution in [1.29, 1.82) is 0 Å². The highest BCUT2D eigenvalue weighted by Gasteiger charge is 2.37. The van der Waals surface area contributed by atoms with Gasteiger partial charge in [-0.3, -0.25) is 0 Å². The maximum Gasteiger partial charge on any atom is 0.165 e. The van der Waals surface area contributed by atoms with Crippen LogP contribution in [0, 0.1) is 0 Å². The molecule has 0 amide bonds. The van der Waals surface area contributed by atoms with Crippen LogP contribution in [0.1, 0.15) is 23.1 Å². The summed E-state index contributed by atoms with van der Waals surface area (Å²) >= 11 is 0. The van der Waals surface area contributed by atoms with Gasteiger partial charge in [-0.2, -0.15) is 0 Å². The molecule has 0 spiro atoms. The summed E-state index contributed by atoms with van der Waals surface area (Å²) in [4.78, 5) is 0. The van der Waals surface area contributed by atoms with E-state index in [1.54, 1.807) is 21.3 Å². The number of para-hydroxylation sites is 1. The summed E-state index contributed by atoms with van der Waals surface area (Å²) in [6.45, 7) is -0.0147. The second kappa shape index (κ2) is 6.38. The predicted molar refractivity (Wildman–Crippen MR) is 85.7 cm³/mol. The van der Waals surface area contributed by atoms with Crippen LogP contribution in [-0.4, -0.2) is 33.0 Å². The van der Waals surface area contributed by atoms with Crippen molar-refractivity contribution in [1.82, 2.24) is 0 Å². The molecule has 0 aromatic heterocycles. The van der Waals surface area contributed by atoms with E-state index in [0.29, 0.717) is 23.0 Å². The first-order chi connectivity index (χ1) is 11.2. The third-order valence-electron chi connectivity index (χ3n) is 4.17. The quantitative estimate of drug-likeness (QED) is 0.919. The lowest BCUT2D eigenvalue weighted by Crippen LogP contribution is -2.13. The molecule has 1 aliphatic heterocycles. The summed E-state index contributed by atoms with van der Waals surface area (Å²) in [6, 6.07) is 11.4. The fraction of sp³-hybridized carbons (Fsp3) is 0.333. The normalized spacial score (nSPS) is 19.0. The number of rotatable bonds is 5. The molecule has 0 bridgehead atoms. The fourth-order valence-corrected chi connectivity index (χ4v) is 3.01. The first-order valence-electron chi connectivity index (χ1n) is 7.39. The van der Waals surface area contributed by atoms with Crippen LogP contribution in [-0.2, 0) is 0 Å². The van der Waals surface area contributed by atoms with Gasteiger partial charge in [-0.25, -0.2) is 0 Å². The van der Waals surface area contributed by atoms with Crippen LogP contribution in [0.3, 0.4) is 0 Å². The summed E-state index contributed by atoms with van der Waals surface area (Å²) in [5.41, 5.74) is 1.87. The number of aliphatic hydroxyl groups excluding tert-OH is 1. The Morgan fingerprint density at radius 3 is 2.35 bits per heavy atom. The minimum atomic E-state index is -0.300. The van der Waals surface area contributed by atoms with Crippen LogP contribution in [0.2, 0.25) is 0 Å². The molecule has 2 aromatic rings. The van der Waals surface area contributed by atoms with E-state index in [9.17, 15) is 5.11 Å². The molecule has 5 nitrogen and oxygen atoms in total. The molecule has 5 heteroatoms. The predicted octanol–water partition coefficient (Wildman–Crippen LogP) is 2.92. The molecule has 122 valence electrons. The van der Waals surface area contributed by atoms with Gasteiger partial charge in [0.2, 0.25) is 0 Å². The van der Waals surface area contributed by atoms with Crippen molar-refractivity contribution in [3.05, 3.63) is 47.5 Å². The van der Waals surface area contributed by atoms with Crippen LogP contribution in [0.5, 0.6) is 23.0 Å². The van der Waals surface area contributed by atoms with E-state index in [0.717, 1.165) is 11.1 Å². The lowest BCUT2D eigenvalue weighted by atomic mass is 9.91. The Morgan fingerprint density at radius 2 is 1.70 bits per heavy atom. The van der Waals surface area contributed by atoms with Crippen molar-refractivity contribution in [2.75, 3.05) is 27.9 Å². The summed E-state index contributed by atoms with van der Waals surface area (Å²) < 4.78 is 22.1. The van der Waals surface area contributed by atoms with Crippen LogP contribution in [0.15, 0.2) is 36.4 Å². The molecule has 1 N–H and O–H groups in total. The van der Waals surface area contributed by atoms with E-state index in [1.165, 1.54) is 0 Å². The molecule has 2 aromatic carbocycles. The Morgan fingerprint density at radius 1 is 0.957 bits per heavy atom. The van der Waals surface area contributed by atoms with Crippen LogP contribution in [0.4, 0.5) is 0 Å². The lowest BCUT2D eigenvalue weighted by Gasteiger charge is -2.19. The van der Waals surface area contributed by atoms with Gasteiger partial charge in [0.25, 0.3) is 0 Å². The van der Waals surface area contributed by atoms with Crippen molar-refractivity contribution in [2.45, 2.75) is 12.0 Å². The molecular weight excluding hydrogens is 296 g/mol. The number of benzene rings is 2. The Labute approximate surface area is 135 Å². The third-order valence-corrected chi connectivity index (χ3v) is 4.17. The summed E-state index contributed by atoms with van der Waals surface area (Å²) in [6.07, 6.45) is -0.300. The number of fused-ring (bicyclic) bond motifs is 1. The minimum absolute atomic E-state index is 0.0147. The largest absolute Gasteiger partial charge is 0.493 e. The van der Waals surface area contributed by atoms with Gasteiger partial charge < -0.3 is 24.1 Å². The molecule has 1 aliphatic rings. The van der Waals surface area contributed by atoms with Crippen molar-refractivity contribution in [3.63, 3.8) is 0 Å². The molecule has 0 unspecified atom stereocenters. The number of methoxy groups -OCH3 is 3. The maximum atomic E-state index is 9.86. The molecule has 0 saturated heterocycles. The van der Waals surface area contributed by atoms with Gasteiger partial charge in [-0.15, -0.1) is 0 Å². The first-order valence-corrected chi connectivity index (χ1v) is 7.39. The Kier molecular flexibility index (Phi) is 4.30. The van der Waals surface area contributed by atoms with Crippen molar-refractivity contribution in [3.8, 4) is 23.0 Å². The van der Waals surface area contributed by atoms with E-state index in [1.807, 2.05) is 36.4 Å². The smallest absolute Gasteiger partial charge is 0.165 e. The SMILES string of the molecule is COc1ccc([C@H]2Oc3c(OC)cccc3[C@H]2CO)cc1OC. The summed E-state index contributed by atoms with van der Waals surface area (Å²) in [7, 11) is 4.80. The van der Waals surface area contributed by atoms with Crippen LogP contribution >= 0.6 is 0 Å². The van der Waals surface area contributed by atoms with Gasteiger partial charge in [0, 0.05) is 5.56 Å². The first kappa shape index (κ1) is 15.5. The zero-order valence-corrected chi connectivity index (χ0v) is 13.4. The maximum absolute atomic E-state index is 9.86. The average molecular weight is 316 g/mol.